The Morgan fingerprint density at radius 3 is 3.12 bits per heavy atom. The summed E-state index contributed by atoms with van der Waals surface area (Å²) in [6, 6.07) is 0. The van der Waals surface area contributed by atoms with Gasteiger partial charge in [0.1, 0.15) is 0 Å². The van der Waals surface area contributed by atoms with Crippen LogP contribution in [0.1, 0.15) is 6.42 Å². The number of anilines is 1. The fraction of sp³-hybridized carbons (Fsp3) is 0.600. The molecule has 0 saturated heterocycles. The maximum atomic E-state index is 11.4. The molecule has 0 aliphatic carbocycles. The third kappa shape index (κ3) is 4.66. The summed E-state index contributed by atoms with van der Waals surface area (Å²) in [6.07, 6.45) is 2.14. The predicted molar refractivity (Wildman–Crippen MR) is 68.9 cm³/mol. The molecule has 0 unspecified atom stereocenters. The standard InChI is InChI=1S/C10H17N3O3S/c1-16-8-9(12-7-13-10(8)15)11-3-6-17-5-2-4-14/h7,14H,2-6H2,1H3,(H2,11,12,13,15). The minimum atomic E-state index is -0.294. The molecule has 1 aromatic rings. The Bertz CT molecular complexity index is 383. The largest absolute Gasteiger partial charge is 0.489 e. The lowest BCUT2D eigenvalue weighted by molar-refractivity contribution is 0.296. The monoisotopic (exact) mass is 259 g/mol. The number of rotatable bonds is 8. The van der Waals surface area contributed by atoms with Crippen molar-refractivity contribution in [3.63, 3.8) is 0 Å². The van der Waals surface area contributed by atoms with E-state index >= 15 is 0 Å². The van der Waals surface area contributed by atoms with E-state index in [0.717, 1.165) is 17.9 Å². The smallest absolute Gasteiger partial charge is 0.295 e. The van der Waals surface area contributed by atoms with Crippen molar-refractivity contribution in [2.45, 2.75) is 6.42 Å². The third-order valence-electron chi connectivity index (χ3n) is 2.00. The van der Waals surface area contributed by atoms with Gasteiger partial charge in [-0.25, -0.2) is 4.98 Å². The van der Waals surface area contributed by atoms with Crippen molar-refractivity contribution < 1.29 is 9.84 Å². The molecule has 0 radical (unpaired) electrons. The van der Waals surface area contributed by atoms with Crippen molar-refractivity contribution >= 4 is 17.6 Å². The van der Waals surface area contributed by atoms with Gasteiger partial charge in [-0.05, 0) is 12.2 Å². The number of ether oxygens (including phenoxy) is 1. The number of methoxy groups -OCH3 is 1. The second kappa shape index (κ2) is 7.97. The lowest BCUT2D eigenvalue weighted by atomic mass is 10.5. The number of aromatic nitrogens is 2. The summed E-state index contributed by atoms with van der Waals surface area (Å²) in [5.74, 6) is 2.47. The number of H-pyrrole nitrogens is 1. The average Bonchev–Trinajstić information content (AvgIpc) is 2.34. The second-order valence-corrected chi connectivity index (χ2v) is 4.45. The van der Waals surface area contributed by atoms with Gasteiger partial charge in [-0.3, -0.25) is 4.79 Å². The van der Waals surface area contributed by atoms with Crippen molar-refractivity contribution in [3.05, 3.63) is 16.7 Å². The van der Waals surface area contributed by atoms with Crippen molar-refractivity contribution in [1.29, 1.82) is 0 Å². The van der Waals surface area contributed by atoms with E-state index in [1.807, 2.05) is 0 Å². The van der Waals surface area contributed by atoms with Crippen molar-refractivity contribution in [1.82, 2.24) is 9.97 Å². The zero-order chi connectivity index (χ0) is 12.5. The van der Waals surface area contributed by atoms with E-state index in [0.29, 0.717) is 12.4 Å². The zero-order valence-electron chi connectivity index (χ0n) is 9.73. The van der Waals surface area contributed by atoms with Crippen molar-refractivity contribution in [3.8, 4) is 5.75 Å². The van der Waals surface area contributed by atoms with Gasteiger partial charge in [-0.2, -0.15) is 11.8 Å². The zero-order valence-corrected chi connectivity index (χ0v) is 10.5. The highest BCUT2D eigenvalue weighted by Crippen LogP contribution is 2.14. The summed E-state index contributed by atoms with van der Waals surface area (Å²) < 4.78 is 4.96. The van der Waals surface area contributed by atoms with E-state index in [-0.39, 0.29) is 17.9 Å². The van der Waals surface area contributed by atoms with Crippen LogP contribution in [0.3, 0.4) is 0 Å². The second-order valence-electron chi connectivity index (χ2n) is 3.23. The number of hydrogen-bond acceptors (Lipinski definition) is 6. The van der Waals surface area contributed by atoms with Gasteiger partial charge in [0.2, 0.25) is 5.75 Å². The normalized spacial score (nSPS) is 10.2. The molecule has 7 heteroatoms. The van der Waals surface area contributed by atoms with Gasteiger partial charge < -0.3 is 20.1 Å². The van der Waals surface area contributed by atoms with Gasteiger partial charge >= 0.3 is 0 Å². The molecular weight excluding hydrogens is 242 g/mol. The number of nitrogens with zero attached hydrogens (tertiary/aromatic N) is 1. The molecule has 0 aliphatic rings. The highest BCUT2D eigenvalue weighted by molar-refractivity contribution is 7.99. The van der Waals surface area contributed by atoms with Crippen LogP contribution in [0.25, 0.3) is 0 Å². The SMILES string of the molecule is COc1c(NCCSCCCO)nc[nH]c1=O. The number of aliphatic hydroxyl groups excluding tert-OH is 1. The lowest BCUT2D eigenvalue weighted by Gasteiger charge is -2.08. The molecular formula is C10H17N3O3S. The van der Waals surface area contributed by atoms with Gasteiger partial charge in [-0.1, -0.05) is 0 Å². The quantitative estimate of drug-likeness (QED) is 0.582. The Hall–Kier alpha value is -1.21. The van der Waals surface area contributed by atoms with E-state index in [4.69, 9.17) is 9.84 Å². The fourth-order valence-electron chi connectivity index (χ4n) is 1.21. The molecule has 0 aliphatic heterocycles. The van der Waals surface area contributed by atoms with Gasteiger partial charge in [0.15, 0.2) is 5.82 Å². The lowest BCUT2D eigenvalue weighted by Crippen LogP contribution is -2.15. The minimum absolute atomic E-state index is 0.202. The molecule has 0 bridgehead atoms. The first kappa shape index (κ1) is 13.9. The first-order valence-corrected chi connectivity index (χ1v) is 6.49. The summed E-state index contributed by atoms with van der Waals surface area (Å²) >= 11 is 1.74. The Morgan fingerprint density at radius 2 is 2.41 bits per heavy atom. The van der Waals surface area contributed by atoms with Crippen LogP contribution in [0.15, 0.2) is 11.1 Å². The molecule has 0 saturated carbocycles. The fourth-order valence-corrected chi connectivity index (χ4v) is 2.00. The van der Waals surface area contributed by atoms with Crippen LogP contribution in [-0.2, 0) is 0 Å². The van der Waals surface area contributed by atoms with Crippen LogP contribution >= 0.6 is 11.8 Å². The third-order valence-corrected chi connectivity index (χ3v) is 3.07. The maximum absolute atomic E-state index is 11.4. The minimum Gasteiger partial charge on any atom is -0.489 e. The number of nitrogens with one attached hydrogen (secondary N) is 2. The number of aliphatic hydroxyl groups is 1. The van der Waals surface area contributed by atoms with Crippen LogP contribution in [0.2, 0.25) is 0 Å². The molecule has 0 spiro atoms. The molecule has 1 aromatic heterocycles. The summed E-state index contributed by atoms with van der Waals surface area (Å²) in [5.41, 5.74) is -0.294. The molecule has 1 rings (SSSR count). The maximum Gasteiger partial charge on any atom is 0.295 e. The van der Waals surface area contributed by atoms with Gasteiger partial charge in [0.25, 0.3) is 5.56 Å². The Labute approximate surface area is 104 Å². The summed E-state index contributed by atoms with van der Waals surface area (Å²) in [7, 11) is 1.44. The summed E-state index contributed by atoms with van der Waals surface area (Å²) in [6.45, 7) is 0.923. The van der Waals surface area contributed by atoms with Gasteiger partial charge in [-0.15, -0.1) is 0 Å². The van der Waals surface area contributed by atoms with Crippen LogP contribution in [0, 0.1) is 0 Å². The molecule has 1 heterocycles. The highest BCUT2D eigenvalue weighted by Gasteiger charge is 2.07. The van der Waals surface area contributed by atoms with Crippen molar-refractivity contribution in [2.24, 2.45) is 0 Å². The van der Waals surface area contributed by atoms with E-state index in [1.54, 1.807) is 11.8 Å². The van der Waals surface area contributed by atoms with Gasteiger partial charge in [0, 0.05) is 18.9 Å². The molecule has 96 valence electrons. The van der Waals surface area contributed by atoms with Crippen LogP contribution < -0.4 is 15.6 Å². The average molecular weight is 259 g/mol. The van der Waals surface area contributed by atoms with Crippen molar-refractivity contribution in [2.75, 3.05) is 37.1 Å². The first-order valence-electron chi connectivity index (χ1n) is 5.33. The Kier molecular flexibility index (Phi) is 6.49. The number of hydrogen-bond donors (Lipinski definition) is 3. The van der Waals surface area contributed by atoms with E-state index in [2.05, 4.69) is 15.3 Å². The first-order chi connectivity index (χ1) is 8.29. The number of thioether (sulfide) groups is 1. The molecule has 17 heavy (non-hydrogen) atoms. The molecule has 3 N–H and O–H groups in total. The van der Waals surface area contributed by atoms with Crippen LogP contribution in [-0.4, -0.2) is 46.8 Å². The summed E-state index contributed by atoms with van der Waals surface area (Å²) in [5, 5.41) is 11.6. The molecule has 0 fully saturated rings. The number of aromatic amines is 1. The van der Waals surface area contributed by atoms with E-state index in [1.165, 1.54) is 13.4 Å². The predicted octanol–water partition coefficient (Wildman–Crippen LogP) is 0.306. The van der Waals surface area contributed by atoms with Crippen LogP contribution in [0.4, 0.5) is 5.82 Å². The Morgan fingerprint density at radius 1 is 1.59 bits per heavy atom. The highest BCUT2D eigenvalue weighted by atomic mass is 32.2. The van der Waals surface area contributed by atoms with Crippen LogP contribution in [0.5, 0.6) is 5.75 Å². The molecule has 0 atom stereocenters. The van der Waals surface area contributed by atoms with E-state index < -0.39 is 0 Å². The van der Waals surface area contributed by atoms with Gasteiger partial charge in [0.05, 0.1) is 13.4 Å². The molecule has 0 amide bonds. The van der Waals surface area contributed by atoms with E-state index in [9.17, 15) is 4.79 Å². The summed E-state index contributed by atoms with van der Waals surface area (Å²) in [4.78, 5) is 17.8. The molecule has 0 aromatic carbocycles. The molecule has 6 nitrogen and oxygen atoms in total. The Balaban J connectivity index is 2.36. The topological polar surface area (TPSA) is 87.2 Å².